The lowest BCUT2D eigenvalue weighted by atomic mass is 9.67. The smallest absolute Gasteiger partial charge is 0.310 e. The third-order valence-electron chi connectivity index (χ3n) is 3.94. The fraction of sp³-hybridized carbons (Fsp3) is 0.875. The van der Waals surface area contributed by atoms with Crippen LogP contribution in [-0.2, 0) is 19.1 Å². The molecule has 20 heavy (non-hydrogen) atoms. The molecule has 1 rings (SSSR count). The molecule has 1 fully saturated rings. The standard InChI is InChI=1S/C16H28O4/c1-9(2)19-15(17)13-11(5)7-8-12(6)14(13)16(18)20-10(3)4/h9-14H,7-8H2,1-6H3. The SMILES string of the molecule is CC(C)OC(=O)C1C(C)CCC(C)C1C(=O)OC(C)C. The number of carbonyl (C=O) groups excluding carboxylic acids is 2. The van der Waals surface area contributed by atoms with Gasteiger partial charge in [0.25, 0.3) is 0 Å². The molecule has 0 aliphatic heterocycles. The Morgan fingerprint density at radius 2 is 1.10 bits per heavy atom. The van der Waals surface area contributed by atoms with Crippen molar-refractivity contribution in [1.29, 1.82) is 0 Å². The minimum atomic E-state index is -0.382. The molecule has 1 saturated carbocycles. The second kappa shape index (κ2) is 7.09. The summed E-state index contributed by atoms with van der Waals surface area (Å²) in [5.41, 5.74) is 0. The fourth-order valence-electron chi connectivity index (χ4n) is 2.97. The molecule has 1 aliphatic rings. The first-order chi connectivity index (χ1) is 9.23. The van der Waals surface area contributed by atoms with Gasteiger partial charge in [0.2, 0.25) is 0 Å². The van der Waals surface area contributed by atoms with Gasteiger partial charge in [0.15, 0.2) is 0 Å². The van der Waals surface area contributed by atoms with E-state index in [0.717, 1.165) is 12.8 Å². The lowest BCUT2D eigenvalue weighted by Gasteiger charge is -2.38. The number of ether oxygens (including phenoxy) is 2. The molecule has 0 amide bonds. The van der Waals surface area contributed by atoms with Gasteiger partial charge >= 0.3 is 11.9 Å². The van der Waals surface area contributed by atoms with Gasteiger partial charge in [-0.2, -0.15) is 0 Å². The van der Waals surface area contributed by atoms with E-state index in [1.54, 1.807) is 0 Å². The van der Waals surface area contributed by atoms with Gasteiger partial charge in [0, 0.05) is 0 Å². The highest BCUT2D eigenvalue weighted by Gasteiger charge is 2.46. The molecular formula is C16H28O4. The molecule has 4 atom stereocenters. The highest BCUT2D eigenvalue weighted by molar-refractivity contribution is 5.83. The summed E-state index contributed by atoms with van der Waals surface area (Å²) in [6.45, 7) is 11.4. The summed E-state index contributed by atoms with van der Waals surface area (Å²) in [6, 6.07) is 0. The van der Waals surface area contributed by atoms with Crippen molar-refractivity contribution in [2.24, 2.45) is 23.7 Å². The normalized spacial score (nSPS) is 30.4. The fourth-order valence-corrected chi connectivity index (χ4v) is 2.97. The van der Waals surface area contributed by atoms with Gasteiger partial charge in [0.1, 0.15) is 0 Å². The van der Waals surface area contributed by atoms with Crippen molar-refractivity contribution < 1.29 is 19.1 Å². The largest absolute Gasteiger partial charge is 0.463 e. The summed E-state index contributed by atoms with van der Waals surface area (Å²) < 4.78 is 10.7. The minimum absolute atomic E-state index is 0.155. The van der Waals surface area contributed by atoms with E-state index in [9.17, 15) is 9.59 Å². The van der Waals surface area contributed by atoms with Gasteiger partial charge in [-0.15, -0.1) is 0 Å². The summed E-state index contributed by atoms with van der Waals surface area (Å²) in [6.07, 6.45) is 1.58. The van der Waals surface area contributed by atoms with Gasteiger partial charge in [-0.1, -0.05) is 13.8 Å². The Labute approximate surface area is 122 Å². The van der Waals surface area contributed by atoms with E-state index >= 15 is 0 Å². The van der Waals surface area contributed by atoms with E-state index < -0.39 is 0 Å². The molecule has 0 spiro atoms. The van der Waals surface area contributed by atoms with Crippen LogP contribution in [0.2, 0.25) is 0 Å². The maximum absolute atomic E-state index is 12.3. The number of esters is 2. The summed E-state index contributed by atoms with van der Waals surface area (Å²) in [5, 5.41) is 0. The second-order valence-electron chi connectivity index (χ2n) is 6.55. The third-order valence-corrected chi connectivity index (χ3v) is 3.94. The zero-order valence-corrected chi connectivity index (χ0v) is 13.5. The Hall–Kier alpha value is -1.06. The van der Waals surface area contributed by atoms with Gasteiger partial charge < -0.3 is 9.47 Å². The molecule has 0 aromatic carbocycles. The number of rotatable bonds is 4. The topological polar surface area (TPSA) is 52.6 Å². The monoisotopic (exact) mass is 284 g/mol. The molecule has 0 radical (unpaired) electrons. The van der Waals surface area contributed by atoms with Crippen molar-refractivity contribution in [2.45, 2.75) is 66.6 Å². The molecule has 1 aliphatic carbocycles. The van der Waals surface area contributed by atoms with Crippen molar-refractivity contribution in [3.8, 4) is 0 Å². The average Bonchev–Trinajstić information content (AvgIpc) is 2.29. The summed E-state index contributed by atoms with van der Waals surface area (Å²) >= 11 is 0. The van der Waals surface area contributed by atoms with Gasteiger partial charge in [-0.3, -0.25) is 9.59 Å². The van der Waals surface area contributed by atoms with E-state index in [1.807, 2.05) is 41.5 Å². The van der Waals surface area contributed by atoms with Crippen molar-refractivity contribution in [3.63, 3.8) is 0 Å². The highest BCUT2D eigenvalue weighted by Crippen LogP contribution is 2.40. The van der Waals surface area contributed by atoms with Crippen LogP contribution < -0.4 is 0 Å². The van der Waals surface area contributed by atoms with Crippen molar-refractivity contribution in [2.75, 3.05) is 0 Å². The molecule has 0 bridgehead atoms. The van der Waals surface area contributed by atoms with Crippen molar-refractivity contribution in [1.82, 2.24) is 0 Å². The van der Waals surface area contributed by atoms with E-state index in [2.05, 4.69) is 0 Å². The molecular weight excluding hydrogens is 256 g/mol. The lowest BCUT2D eigenvalue weighted by Crippen LogP contribution is -2.44. The maximum atomic E-state index is 12.3. The van der Waals surface area contributed by atoms with Crippen LogP contribution in [0.3, 0.4) is 0 Å². The third kappa shape index (κ3) is 4.22. The van der Waals surface area contributed by atoms with Crippen LogP contribution in [-0.4, -0.2) is 24.1 Å². The van der Waals surface area contributed by atoms with Crippen molar-refractivity contribution in [3.05, 3.63) is 0 Å². The minimum Gasteiger partial charge on any atom is -0.463 e. The lowest BCUT2D eigenvalue weighted by molar-refractivity contribution is -0.172. The Kier molecular flexibility index (Phi) is 6.03. The first-order valence-corrected chi connectivity index (χ1v) is 7.65. The number of hydrogen-bond acceptors (Lipinski definition) is 4. The van der Waals surface area contributed by atoms with Crippen LogP contribution >= 0.6 is 0 Å². The predicted octanol–water partition coefficient (Wildman–Crippen LogP) is 3.19. The quantitative estimate of drug-likeness (QED) is 0.744. The molecule has 0 heterocycles. The van der Waals surface area contributed by atoms with Crippen LogP contribution in [0.15, 0.2) is 0 Å². The molecule has 116 valence electrons. The average molecular weight is 284 g/mol. The predicted molar refractivity (Wildman–Crippen MR) is 77.0 cm³/mol. The molecule has 4 heteroatoms. The van der Waals surface area contributed by atoms with E-state index in [4.69, 9.17) is 9.47 Å². The van der Waals surface area contributed by atoms with Crippen LogP contribution in [0.1, 0.15) is 54.4 Å². The first kappa shape index (κ1) is 17.0. The summed E-state index contributed by atoms with van der Waals surface area (Å²) in [7, 11) is 0. The molecule has 0 N–H and O–H groups in total. The number of hydrogen-bond donors (Lipinski definition) is 0. The molecule has 0 saturated heterocycles. The van der Waals surface area contributed by atoms with Gasteiger partial charge in [-0.05, 0) is 52.4 Å². The highest BCUT2D eigenvalue weighted by atomic mass is 16.6. The zero-order chi connectivity index (χ0) is 15.4. The number of carbonyl (C=O) groups is 2. The Bertz CT molecular complexity index is 314. The van der Waals surface area contributed by atoms with Crippen LogP contribution in [0.25, 0.3) is 0 Å². The summed E-state index contributed by atoms with van der Waals surface area (Å²) in [4.78, 5) is 24.7. The molecule has 0 aromatic rings. The van der Waals surface area contributed by atoms with Gasteiger partial charge in [-0.25, -0.2) is 0 Å². The Morgan fingerprint density at radius 1 is 0.800 bits per heavy atom. The van der Waals surface area contributed by atoms with E-state index in [1.165, 1.54) is 0 Å². The first-order valence-electron chi connectivity index (χ1n) is 7.65. The second-order valence-corrected chi connectivity index (χ2v) is 6.55. The van der Waals surface area contributed by atoms with Gasteiger partial charge in [0.05, 0.1) is 24.0 Å². The molecule has 4 unspecified atom stereocenters. The molecule has 4 nitrogen and oxygen atoms in total. The summed E-state index contributed by atoms with van der Waals surface area (Å²) in [5.74, 6) is -0.973. The molecule has 0 aromatic heterocycles. The van der Waals surface area contributed by atoms with E-state index in [0.29, 0.717) is 0 Å². The Balaban J connectivity index is 2.93. The van der Waals surface area contributed by atoms with Crippen LogP contribution in [0.5, 0.6) is 0 Å². The van der Waals surface area contributed by atoms with Crippen LogP contribution in [0.4, 0.5) is 0 Å². The van der Waals surface area contributed by atoms with Crippen molar-refractivity contribution >= 4 is 11.9 Å². The Morgan fingerprint density at radius 3 is 1.35 bits per heavy atom. The maximum Gasteiger partial charge on any atom is 0.310 e. The zero-order valence-electron chi connectivity index (χ0n) is 13.5. The van der Waals surface area contributed by atoms with E-state index in [-0.39, 0.29) is 47.8 Å². The van der Waals surface area contributed by atoms with Crippen LogP contribution in [0, 0.1) is 23.7 Å².